The van der Waals surface area contributed by atoms with Gasteiger partial charge in [-0.1, -0.05) is 57.6 Å². The molecule has 44 heavy (non-hydrogen) atoms. The fraction of sp³-hybridized carbons (Fsp3) is 0.242. The summed E-state index contributed by atoms with van der Waals surface area (Å²) in [6.45, 7) is 8.07. The van der Waals surface area contributed by atoms with E-state index >= 15 is 0 Å². The Morgan fingerprint density at radius 3 is 2.45 bits per heavy atom. The highest BCUT2D eigenvalue weighted by Gasteiger charge is 2.35. The van der Waals surface area contributed by atoms with Crippen LogP contribution in [0.5, 0.6) is 11.5 Å². The predicted molar refractivity (Wildman–Crippen MR) is 193 cm³/mol. The van der Waals surface area contributed by atoms with Crippen molar-refractivity contribution in [3.8, 4) is 11.5 Å². The highest BCUT2D eigenvalue weighted by Crippen LogP contribution is 2.36. The smallest absolute Gasteiger partial charge is 0.338 e. The molecule has 0 aliphatic carbocycles. The van der Waals surface area contributed by atoms with Crippen LogP contribution in [-0.2, 0) is 16.1 Å². The number of ether oxygens (including phenoxy) is 3. The minimum absolute atomic E-state index is 0.102. The number of aromatic nitrogens is 1. The molecule has 4 aromatic rings. The number of nitrogens with zero attached hydrogens (tertiary/aromatic N) is 2. The zero-order valence-corrected chi connectivity index (χ0v) is 31.1. The number of fused-ring (bicyclic) bond motifs is 1. The molecule has 0 saturated heterocycles. The van der Waals surface area contributed by atoms with Gasteiger partial charge in [0.25, 0.3) is 5.56 Å². The van der Waals surface area contributed by atoms with E-state index in [0.29, 0.717) is 38.5 Å². The number of hydrogen-bond acceptors (Lipinski definition) is 7. The number of thiazole rings is 1. The van der Waals surface area contributed by atoms with Gasteiger partial charge < -0.3 is 14.2 Å². The Hall–Kier alpha value is -2.49. The first-order valence-corrected chi connectivity index (χ1v) is 17.7. The molecule has 0 amide bonds. The van der Waals surface area contributed by atoms with Crippen molar-refractivity contribution in [3.05, 3.63) is 120 Å². The molecule has 0 N–H and O–H groups in total. The van der Waals surface area contributed by atoms with E-state index in [-0.39, 0.29) is 18.3 Å². The van der Waals surface area contributed by atoms with Crippen molar-refractivity contribution in [1.82, 2.24) is 4.57 Å². The van der Waals surface area contributed by atoms with Gasteiger partial charge in [-0.15, -0.1) is 0 Å². The van der Waals surface area contributed by atoms with Crippen molar-refractivity contribution in [2.45, 2.75) is 46.4 Å². The van der Waals surface area contributed by atoms with Crippen LogP contribution in [0.25, 0.3) is 6.08 Å². The molecule has 2 heterocycles. The lowest BCUT2D eigenvalue weighted by Crippen LogP contribution is -2.40. The Kier molecular flexibility index (Phi) is 10.7. The molecule has 0 saturated carbocycles. The van der Waals surface area contributed by atoms with Gasteiger partial charge >= 0.3 is 5.97 Å². The highest BCUT2D eigenvalue weighted by atomic mass is 127. The monoisotopic (exact) mass is 898 g/mol. The number of esters is 1. The van der Waals surface area contributed by atoms with Gasteiger partial charge in [-0.3, -0.25) is 9.36 Å². The molecule has 7 nitrogen and oxygen atoms in total. The van der Waals surface area contributed by atoms with Crippen LogP contribution in [-0.4, -0.2) is 23.2 Å². The lowest BCUT2D eigenvalue weighted by Gasteiger charge is -2.26. The number of halogens is 3. The van der Waals surface area contributed by atoms with E-state index in [1.807, 2.05) is 80.6 Å². The first kappa shape index (κ1) is 32.9. The maximum Gasteiger partial charge on any atom is 0.338 e. The quantitative estimate of drug-likeness (QED) is 0.132. The molecule has 0 unspecified atom stereocenters. The Labute approximate surface area is 295 Å². The third-order valence-corrected chi connectivity index (χ3v) is 9.82. The summed E-state index contributed by atoms with van der Waals surface area (Å²) >= 11 is 9.28. The fourth-order valence-electron chi connectivity index (χ4n) is 4.84. The molecule has 0 radical (unpaired) electrons. The molecule has 1 atom stereocenters. The summed E-state index contributed by atoms with van der Waals surface area (Å²) in [6.07, 6.45) is 1.76. The summed E-state index contributed by atoms with van der Waals surface area (Å²) in [5.74, 6) is 0.890. The van der Waals surface area contributed by atoms with Crippen LogP contribution < -0.4 is 24.4 Å². The molecule has 5 rings (SSSR count). The molecule has 0 spiro atoms. The summed E-state index contributed by atoms with van der Waals surface area (Å²) in [5.41, 5.74) is 3.22. The van der Waals surface area contributed by atoms with Crippen LogP contribution in [0, 0.1) is 7.14 Å². The number of carbonyl (C=O) groups is 1. The van der Waals surface area contributed by atoms with Gasteiger partial charge in [0.2, 0.25) is 0 Å². The Morgan fingerprint density at radius 1 is 1.11 bits per heavy atom. The lowest BCUT2D eigenvalue weighted by molar-refractivity contribution is -0.139. The number of hydrogen-bond donors (Lipinski definition) is 0. The second kappa shape index (κ2) is 14.3. The largest absolute Gasteiger partial charge is 0.491 e. The van der Waals surface area contributed by atoms with Crippen molar-refractivity contribution in [3.63, 3.8) is 0 Å². The van der Waals surface area contributed by atoms with E-state index in [1.54, 1.807) is 18.4 Å². The number of para-hydroxylation sites is 1. The van der Waals surface area contributed by atoms with Gasteiger partial charge in [0.15, 0.2) is 4.80 Å². The molecule has 1 aromatic heterocycles. The van der Waals surface area contributed by atoms with Gasteiger partial charge in [-0.2, -0.15) is 0 Å². The molecule has 1 aliphatic heterocycles. The lowest BCUT2D eigenvalue weighted by atomic mass is 9.95. The van der Waals surface area contributed by atoms with Gasteiger partial charge in [0, 0.05) is 10.0 Å². The first-order chi connectivity index (χ1) is 21.1. The number of rotatable bonds is 9. The topological polar surface area (TPSA) is 79.1 Å². The number of benzene rings is 3. The van der Waals surface area contributed by atoms with Crippen molar-refractivity contribution in [2.75, 3.05) is 6.61 Å². The van der Waals surface area contributed by atoms with Crippen molar-refractivity contribution in [2.24, 2.45) is 4.99 Å². The summed E-state index contributed by atoms with van der Waals surface area (Å²) in [4.78, 5) is 32.6. The standard InChI is InChI=1S/C33H29BrI2N2O5S/c1-5-41-32(40)28-19(4)37-33-38(29(28)23-8-6-7-9-26(23)43-18(2)3)31(39)27(44-33)16-21-14-24(35)30(25(36)15-21)42-17-20-10-12-22(34)13-11-20/h6-16,18,29H,5,17H2,1-4H3/b27-16+/t29-/m1/s1. The Balaban J connectivity index is 1.58. The van der Waals surface area contributed by atoms with Gasteiger partial charge in [0.05, 0.1) is 35.7 Å². The van der Waals surface area contributed by atoms with E-state index in [1.165, 1.54) is 11.3 Å². The van der Waals surface area contributed by atoms with Crippen LogP contribution >= 0.6 is 72.4 Å². The molecule has 228 valence electrons. The minimum Gasteiger partial charge on any atom is -0.491 e. The van der Waals surface area contributed by atoms with Crippen molar-refractivity contribution in [1.29, 1.82) is 0 Å². The van der Waals surface area contributed by atoms with Crippen LogP contribution in [0.2, 0.25) is 0 Å². The van der Waals surface area contributed by atoms with E-state index in [0.717, 1.165) is 28.5 Å². The zero-order chi connectivity index (χ0) is 31.5. The molecule has 1 aliphatic rings. The molecular weight excluding hydrogens is 870 g/mol. The molecule has 11 heteroatoms. The van der Waals surface area contributed by atoms with Crippen LogP contribution in [0.4, 0.5) is 0 Å². The SMILES string of the molecule is CCOC(=O)C1=C(C)N=c2s/c(=C/c3cc(I)c(OCc4ccc(Br)cc4)c(I)c3)c(=O)n2[C@@H]1c1ccccc1OC(C)C. The predicted octanol–water partition coefficient (Wildman–Crippen LogP) is 7.14. The molecule has 3 aromatic carbocycles. The van der Waals surface area contributed by atoms with E-state index < -0.39 is 12.0 Å². The van der Waals surface area contributed by atoms with E-state index in [2.05, 4.69) is 61.1 Å². The zero-order valence-electron chi connectivity index (χ0n) is 24.4. The van der Waals surface area contributed by atoms with Gasteiger partial charge in [-0.05, 0) is 120 Å². The normalized spacial score (nSPS) is 14.8. The van der Waals surface area contributed by atoms with Crippen molar-refractivity contribution >= 4 is 84.5 Å². The van der Waals surface area contributed by atoms with Gasteiger partial charge in [-0.25, -0.2) is 9.79 Å². The average Bonchev–Trinajstić information content (AvgIpc) is 3.26. The summed E-state index contributed by atoms with van der Waals surface area (Å²) in [7, 11) is 0. The third kappa shape index (κ3) is 7.15. The van der Waals surface area contributed by atoms with Crippen LogP contribution in [0.1, 0.15) is 50.4 Å². The Morgan fingerprint density at radius 2 is 1.80 bits per heavy atom. The average molecular weight is 899 g/mol. The minimum atomic E-state index is -0.753. The maximum absolute atomic E-state index is 14.1. The van der Waals surface area contributed by atoms with Crippen molar-refractivity contribution < 1.29 is 19.0 Å². The summed E-state index contributed by atoms with van der Waals surface area (Å²) < 4.78 is 22.7. The number of carbonyl (C=O) groups excluding carboxylic acids is 1. The Bertz CT molecular complexity index is 1910. The van der Waals surface area contributed by atoms with Crippen LogP contribution in [0.3, 0.4) is 0 Å². The fourth-order valence-corrected chi connectivity index (χ4v) is 8.28. The molecule has 0 fully saturated rings. The highest BCUT2D eigenvalue weighted by molar-refractivity contribution is 14.1. The van der Waals surface area contributed by atoms with E-state index in [9.17, 15) is 9.59 Å². The maximum atomic E-state index is 14.1. The van der Waals surface area contributed by atoms with Crippen LogP contribution in [0.15, 0.2) is 86.2 Å². The first-order valence-electron chi connectivity index (χ1n) is 13.9. The molecular formula is C33H29BrI2N2O5S. The van der Waals surface area contributed by atoms with E-state index in [4.69, 9.17) is 19.2 Å². The summed E-state index contributed by atoms with van der Waals surface area (Å²) in [5, 5.41) is 0. The summed E-state index contributed by atoms with van der Waals surface area (Å²) in [6, 6.07) is 18.8. The molecule has 0 bridgehead atoms. The second-order valence-corrected chi connectivity index (χ2v) is 14.5. The second-order valence-electron chi connectivity index (χ2n) is 10.2. The number of allylic oxidation sites excluding steroid dienone is 1. The third-order valence-electron chi connectivity index (χ3n) is 6.71. The van der Waals surface area contributed by atoms with Gasteiger partial charge in [0.1, 0.15) is 24.1 Å².